The van der Waals surface area contributed by atoms with Crippen LogP contribution in [0.3, 0.4) is 0 Å². The second kappa shape index (κ2) is 7.72. The molecule has 0 aromatic heterocycles. The van der Waals surface area contributed by atoms with Crippen molar-refractivity contribution in [2.24, 2.45) is 5.41 Å². The standard InChI is InChI=1S/C19H32/c1-6-7-8-9-10-11-18-13-12-17(14-16(18)2)15-19(3,4)5/h12-14H,6-11,15H2,1-5H3. The molecule has 0 N–H and O–H groups in total. The van der Waals surface area contributed by atoms with Crippen LogP contribution in [-0.2, 0) is 12.8 Å². The summed E-state index contributed by atoms with van der Waals surface area (Å²) in [6.45, 7) is 11.5. The lowest BCUT2D eigenvalue weighted by Gasteiger charge is -2.19. The fourth-order valence-electron chi connectivity index (χ4n) is 2.68. The van der Waals surface area contributed by atoms with Crippen LogP contribution in [-0.4, -0.2) is 0 Å². The second-order valence-corrected chi connectivity index (χ2v) is 7.16. The first-order valence-corrected chi connectivity index (χ1v) is 8.01. The molecular formula is C19H32. The normalized spacial score (nSPS) is 11.8. The summed E-state index contributed by atoms with van der Waals surface area (Å²) in [5.74, 6) is 0. The maximum Gasteiger partial charge on any atom is -0.0230 e. The molecule has 0 aliphatic heterocycles. The highest BCUT2D eigenvalue weighted by molar-refractivity contribution is 5.31. The summed E-state index contributed by atoms with van der Waals surface area (Å²) in [4.78, 5) is 0. The van der Waals surface area contributed by atoms with Crippen molar-refractivity contribution in [3.05, 3.63) is 34.9 Å². The Morgan fingerprint density at radius 2 is 1.63 bits per heavy atom. The highest BCUT2D eigenvalue weighted by Gasteiger charge is 2.11. The number of rotatable bonds is 7. The zero-order chi connectivity index (χ0) is 14.3. The molecule has 0 atom stereocenters. The highest BCUT2D eigenvalue weighted by Crippen LogP contribution is 2.23. The topological polar surface area (TPSA) is 0 Å². The molecule has 0 saturated heterocycles. The zero-order valence-corrected chi connectivity index (χ0v) is 13.7. The van der Waals surface area contributed by atoms with Crippen molar-refractivity contribution in [2.75, 3.05) is 0 Å². The van der Waals surface area contributed by atoms with Gasteiger partial charge in [0.25, 0.3) is 0 Å². The fraction of sp³-hybridized carbons (Fsp3) is 0.684. The van der Waals surface area contributed by atoms with Crippen LogP contribution in [0.15, 0.2) is 18.2 Å². The monoisotopic (exact) mass is 260 g/mol. The number of benzene rings is 1. The van der Waals surface area contributed by atoms with Crippen molar-refractivity contribution in [1.82, 2.24) is 0 Å². The van der Waals surface area contributed by atoms with Gasteiger partial charge in [-0.3, -0.25) is 0 Å². The number of unbranched alkanes of at least 4 members (excludes halogenated alkanes) is 4. The van der Waals surface area contributed by atoms with Crippen molar-refractivity contribution in [3.63, 3.8) is 0 Å². The van der Waals surface area contributed by atoms with E-state index in [0.717, 1.165) is 0 Å². The van der Waals surface area contributed by atoms with Gasteiger partial charge in [-0.2, -0.15) is 0 Å². The molecule has 0 aliphatic carbocycles. The fourth-order valence-corrected chi connectivity index (χ4v) is 2.68. The molecule has 1 rings (SSSR count). The summed E-state index contributed by atoms with van der Waals surface area (Å²) in [6.07, 6.45) is 9.29. The van der Waals surface area contributed by atoms with Gasteiger partial charge in [0.05, 0.1) is 0 Å². The first-order valence-electron chi connectivity index (χ1n) is 8.01. The molecule has 108 valence electrons. The summed E-state index contributed by atoms with van der Waals surface area (Å²) >= 11 is 0. The first kappa shape index (κ1) is 16.3. The highest BCUT2D eigenvalue weighted by atomic mass is 14.2. The molecule has 0 radical (unpaired) electrons. The van der Waals surface area contributed by atoms with Gasteiger partial charge in [-0.1, -0.05) is 71.6 Å². The van der Waals surface area contributed by atoms with Crippen molar-refractivity contribution in [3.8, 4) is 0 Å². The van der Waals surface area contributed by atoms with E-state index in [1.165, 1.54) is 56.1 Å². The smallest absolute Gasteiger partial charge is 0.0230 e. The third-order valence-corrected chi connectivity index (χ3v) is 3.69. The van der Waals surface area contributed by atoms with Gasteiger partial charge in [-0.25, -0.2) is 0 Å². The Morgan fingerprint density at radius 3 is 2.21 bits per heavy atom. The third kappa shape index (κ3) is 6.80. The van der Waals surface area contributed by atoms with Crippen molar-refractivity contribution >= 4 is 0 Å². The number of hydrogen-bond acceptors (Lipinski definition) is 0. The van der Waals surface area contributed by atoms with E-state index in [1.807, 2.05) is 0 Å². The van der Waals surface area contributed by atoms with E-state index in [2.05, 4.69) is 52.8 Å². The summed E-state index contributed by atoms with van der Waals surface area (Å²) in [7, 11) is 0. The van der Waals surface area contributed by atoms with Gasteiger partial charge in [-0.15, -0.1) is 0 Å². The van der Waals surface area contributed by atoms with Crippen molar-refractivity contribution in [2.45, 2.75) is 79.6 Å². The Kier molecular flexibility index (Phi) is 6.62. The lowest BCUT2D eigenvalue weighted by Crippen LogP contribution is -2.09. The summed E-state index contributed by atoms with van der Waals surface area (Å²) in [5.41, 5.74) is 4.90. The lowest BCUT2D eigenvalue weighted by molar-refractivity contribution is 0.411. The number of aryl methyl sites for hydroxylation is 2. The van der Waals surface area contributed by atoms with Gasteiger partial charge in [-0.05, 0) is 48.3 Å². The van der Waals surface area contributed by atoms with E-state index in [0.29, 0.717) is 5.41 Å². The molecule has 0 bridgehead atoms. The average molecular weight is 260 g/mol. The number of hydrogen-bond donors (Lipinski definition) is 0. The Labute approximate surface area is 120 Å². The van der Waals surface area contributed by atoms with E-state index < -0.39 is 0 Å². The maximum absolute atomic E-state index is 2.40. The van der Waals surface area contributed by atoms with Gasteiger partial charge in [0, 0.05) is 0 Å². The van der Waals surface area contributed by atoms with E-state index in [-0.39, 0.29) is 0 Å². The lowest BCUT2D eigenvalue weighted by atomic mass is 9.87. The van der Waals surface area contributed by atoms with Crippen LogP contribution in [0, 0.1) is 12.3 Å². The van der Waals surface area contributed by atoms with Crippen LogP contribution in [0.4, 0.5) is 0 Å². The van der Waals surface area contributed by atoms with Gasteiger partial charge in [0.2, 0.25) is 0 Å². The molecule has 0 amide bonds. The predicted octanol–water partition coefficient (Wildman–Crippen LogP) is 6.10. The molecule has 1 aromatic carbocycles. The van der Waals surface area contributed by atoms with Crippen LogP contribution in [0.1, 0.15) is 76.5 Å². The Hall–Kier alpha value is -0.780. The van der Waals surface area contributed by atoms with E-state index >= 15 is 0 Å². The summed E-state index contributed by atoms with van der Waals surface area (Å²) in [5, 5.41) is 0. The molecule has 0 heteroatoms. The average Bonchev–Trinajstić information content (AvgIpc) is 2.29. The van der Waals surface area contributed by atoms with Crippen LogP contribution < -0.4 is 0 Å². The molecule has 0 aliphatic rings. The molecular weight excluding hydrogens is 228 g/mol. The first-order chi connectivity index (χ1) is 8.92. The van der Waals surface area contributed by atoms with Gasteiger partial charge in [0.15, 0.2) is 0 Å². The maximum atomic E-state index is 2.40. The van der Waals surface area contributed by atoms with Crippen molar-refractivity contribution in [1.29, 1.82) is 0 Å². The quantitative estimate of drug-likeness (QED) is 0.520. The van der Waals surface area contributed by atoms with Crippen molar-refractivity contribution < 1.29 is 0 Å². The minimum atomic E-state index is 0.383. The van der Waals surface area contributed by atoms with E-state index in [1.54, 1.807) is 5.56 Å². The van der Waals surface area contributed by atoms with Gasteiger partial charge in [0.1, 0.15) is 0 Å². The molecule has 19 heavy (non-hydrogen) atoms. The molecule has 0 nitrogen and oxygen atoms in total. The van der Waals surface area contributed by atoms with E-state index in [9.17, 15) is 0 Å². The Balaban J connectivity index is 2.48. The van der Waals surface area contributed by atoms with Crippen LogP contribution >= 0.6 is 0 Å². The van der Waals surface area contributed by atoms with Crippen LogP contribution in [0.25, 0.3) is 0 Å². The van der Waals surface area contributed by atoms with E-state index in [4.69, 9.17) is 0 Å². The minimum Gasteiger partial charge on any atom is -0.0654 e. The molecule has 1 aromatic rings. The minimum absolute atomic E-state index is 0.383. The molecule has 0 saturated carbocycles. The Morgan fingerprint density at radius 1 is 0.947 bits per heavy atom. The Bertz CT molecular complexity index is 368. The SMILES string of the molecule is CCCCCCCc1ccc(CC(C)(C)C)cc1C. The molecule has 0 unspecified atom stereocenters. The second-order valence-electron chi connectivity index (χ2n) is 7.16. The van der Waals surface area contributed by atoms with Crippen LogP contribution in [0.2, 0.25) is 0 Å². The van der Waals surface area contributed by atoms with Gasteiger partial charge < -0.3 is 0 Å². The molecule has 0 fully saturated rings. The largest absolute Gasteiger partial charge is 0.0654 e. The molecule has 0 spiro atoms. The van der Waals surface area contributed by atoms with Crippen LogP contribution in [0.5, 0.6) is 0 Å². The predicted molar refractivity (Wildman–Crippen MR) is 86.8 cm³/mol. The van der Waals surface area contributed by atoms with Gasteiger partial charge >= 0.3 is 0 Å². The summed E-state index contributed by atoms with van der Waals surface area (Å²) in [6, 6.07) is 7.09. The molecule has 0 heterocycles. The summed E-state index contributed by atoms with van der Waals surface area (Å²) < 4.78 is 0. The zero-order valence-electron chi connectivity index (χ0n) is 13.7. The third-order valence-electron chi connectivity index (χ3n) is 3.69.